The predicted molar refractivity (Wildman–Crippen MR) is 60.3 cm³/mol. The molecule has 1 heterocycles. The molecule has 82 valence electrons. The van der Waals surface area contributed by atoms with Gasteiger partial charge in [-0.15, -0.1) is 11.6 Å². The molecule has 1 aromatic carbocycles. The fourth-order valence-electron chi connectivity index (χ4n) is 1.21. The third-order valence-corrected chi connectivity index (χ3v) is 2.30. The van der Waals surface area contributed by atoms with E-state index < -0.39 is 0 Å². The summed E-state index contributed by atoms with van der Waals surface area (Å²) in [4.78, 5) is 4.03. The molecule has 0 amide bonds. The monoisotopic (exact) mass is 237 g/mol. The van der Waals surface area contributed by atoms with Crippen molar-refractivity contribution in [3.8, 4) is 11.6 Å². The minimum Gasteiger partial charge on any atom is -0.439 e. The SMILES string of the molecule is Fc1ccc(Oc2cc(CCl)ccn2)cc1. The number of rotatable bonds is 3. The van der Waals surface area contributed by atoms with E-state index in [0.29, 0.717) is 17.5 Å². The molecular weight excluding hydrogens is 229 g/mol. The van der Waals surface area contributed by atoms with Crippen molar-refractivity contribution < 1.29 is 9.13 Å². The van der Waals surface area contributed by atoms with Crippen molar-refractivity contribution in [2.24, 2.45) is 0 Å². The summed E-state index contributed by atoms with van der Waals surface area (Å²) in [6, 6.07) is 9.32. The van der Waals surface area contributed by atoms with Crippen molar-refractivity contribution >= 4 is 11.6 Å². The second-order valence-electron chi connectivity index (χ2n) is 3.19. The van der Waals surface area contributed by atoms with Crippen LogP contribution < -0.4 is 4.74 Å². The summed E-state index contributed by atoms with van der Waals surface area (Å²) < 4.78 is 18.1. The number of hydrogen-bond acceptors (Lipinski definition) is 2. The maximum atomic E-state index is 12.7. The quantitative estimate of drug-likeness (QED) is 0.759. The zero-order chi connectivity index (χ0) is 11.4. The fourth-order valence-corrected chi connectivity index (χ4v) is 1.38. The minimum absolute atomic E-state index is 0.296. The molecule has 4 heteroatoms. The third kappa shape index (κ3) is 2.70. The number of nitrogens with zero attached hydrogens (tertiary/aromatic N) is 1. The van der Waals surface area contributed by atoms with E-state index in [1.165, 1.54) is 12.1 Å². The number of halogens is 2. The largest absolute Gasteiger partial charge is 0.439 e. The van der Waals surface area contributed by atoms with Gasteiger partial charge in [0.05, 0.1) is 0 Å². The zero-order valence-electron chi connectivity index (χ0n) is 8.36. The number of hydrogen-bond donors (Lipinski definition) is 0. The standard InChI is InChI=1S/C12H9ClFNO/c13-8-9-5-6-15-12(7-9)16-11-3-1-10(14)2-4-11/h1-7H,8H2. The Kier molecular flexibility index (Phi) is 3.37. The first kappa shape index (κ1) is 10.9. The van der Waals surface area contributed by atoms with E-state index in [0.717, 1.165) is 5.56 Å². The summed E-state index contributed by atoms with van der Waals surface area (Å²) in [6.07, 6.45) is 1.62. The normalized spacial score (nSPS) is 10.1. The average molecular weight is 238 g/mol. The summed E-state index contributed by atoms with van der Waals surface area (Å²) in [6.45, 7) is 0. The van der Waals surface area contributed by atoms with Crippen LogP contribution in [0.2, 0.25) is 0 Å². The van der Waals surface area contributed by atoms with Crippen molar-refractivity contribution in [1.29, 1.82) is 0 Å². The summed E-state index contributed by atoms with van der Waals surface area (Å²) in [5.74, 6) is 1.10. The molecule has 0 saturated carbocycles. The molecule has 0 aliphatic heterocycles. The highest BCUT2D eigenvalue weighted by atomic mass is 35.5. The van der Waals surface area contributed by atoms with E-state index in [1.807, 2.05) is 6.07 Å². The van der Waals surface area contributed by atoms with Gasteiger partial charge >= 0.3 is 0 Å². The summed E-state index contributed by atoms with van der Waals surface area (Å²) in [5, 5.41) is 0. The van der Waals surface area contributed by atoms with Crippen molar-refractivity contribution in [1.82, 2.24) is 4.98 Å². The van der Waals surface area contributed by atoms with Gasteiger partial charge in [0.1, 0.15) is 11.6 Å². The molecule has 0 saturated heterocycles. The summed E-state index contributed by atoms with van der Waals surface area (Å²) in [5.41, 5.74) is 0.925. The Morgan fingerprint density at radius 3 is 2.62 bits per heavy atom. The van der Waals surface area contributed by atoms with Crippen LogP contribution in [-0.2, 0) is 5.88 Å². The molecule has 0 atom stereocenters. The highest BCUT2D eigenvalue weighted by molar-refractivity contribution is 6.17. The van der Waals surface area contributed by atoms with Crippen LogP contribution in [-0.4, -0.2) is 4.98 Å². The topological polar surface area (TPSA) is 22.1 Å². The van der Waals surface area contributed by atoms with Crippen molar-refractivity contribution in [3.63, 3.8) is 0 Å². The van der Waals surface area contributed by atoms with Crippen LogP contribution in [0.4, 0.5) is 4.39 Å². The smallest absolute Gasteiger partial charge is 0.219 e. The molecule has 2 rings (SSSR count). The van der Waals surface area contributed by atoms with E-state index >= 15 is 0 Å². The Morgan fingerprint density at radius 2 is 1.94 bits per heavy atom. The van der Waals surface area contributed by atoms with Gasteiger partial charge in [-0.3, -0.25) is 0 Å². The number of alkyl halides is 1. The lowest BCUT2D eigenvalue weighted by Gasteiger charge is -2.05. The molecular formula is C12H9ClFNO. The Hall–Kier alpha value is -1.61. The number of benzene rings is 1. The van der Waals surface area contributed by atoms with Gasteiger partial charge in [-0.25, -0.2) is 9.37 Å². The predicted octanol–water partition coefficient (Wildman–Crippen LogP) is 3.75. The fraction of sp³-hybridized carbons (Fsp3) is 0.0833. The molecule has 2 aromatic rings. The van der Waals surface area contributed by atoms with Gasteiger partial charge in [0.15, 0.2) is 0 Å². The third-order valence-electron chi connectivity index (χ3n) is 1.99. The van der Waals surface area contributed by atoms with Crippen LogP contribution in [0, 0.1) is 5.82 Å². The lowest BCUT2D eigenvalue weighted by molar-refractivity contribution is 0.461. The number of pyridine rings is 1. The lowest BCUT2D eigenvalue weighted by atomic mass is 10.3. The molecule has 1 aromatic heterocycles. The van der Waals surface area contributed by atoms with E-state index in [9.17, 15) is 4.39 Å². The van der Waals surface area contributed by atoms with Crippen LogP contribution in [0.3, 0.4) is 0 Å². The van der Waals surface area contributed by atoms with Crippen molar-refractivity contribution in [3.05, 3.63) is 54.0 Å². The van der Waals surface area contributed by atoms with E-state index in [4.69, 9.17) is 16.3 Å². The number of aromatic nitrogens is 1. The van der Waals surface area contributed by atoms with Crippen LogP contribution in [0.1, 0.15) is 5.56 Å². The highest BCUT2D eigenvalue weighted by Crippen LogP contribution is 2.20. The molecule has 0 fully saturated rings. The second-order valence-corrected chi connectivity index (χ2v) is 3.46. The first-order chi connectivity index (χ1) is 7.78. The first-order valence-electron chi connectivity index (χ1n) is 4.72. The summed E-state index contributed by atoms with van der Waals surface area (Å²) >= 11 is 5.69. The first-order valence-corrected chi connectivity index (χ1v) is 5.26. The van der Waals surface area contributed by atoms with Gasteiger partial charge in [-0.1, -0.05) is 0 Å². The maximum absolute atomic E-state index is 12.7. The molecule has 0 spiro atoms. The second kappa shape index (κ2) is 4.94. The maximum Gasteiger partial charge on any atom is 0.219 e. The van der Waals surface area contributed by atoms with Gasteiger partial charge in [-0.05, 0) is 35.9 Å². The molecule has 0 aliphatic carbocycles. The zero-order valence-corrected chi connectivity index (χ0v) is 9.12. The van der Waals surface area contributed by atoms with E-state index in [-0.39, 0.29) is 5.82 Å². The Balaban J connectivity index is 2.16. The van der Waals surface area contributed by atoms with Crippen molar-refractivity contribution in [2.45, 2.75) is 5.88 Å². The van der Waals surface area contributed by atoms with Crippen LogP contribution in [0.25, 0.3) is 0 Å². The molecule has 0 aliphatic rings. The summed E-state index contributed by atoms with van der Waals surface area (Å²) in [7, 11) is 0. The highest BCUT2D eigenvalue weighted by Gasteiger charge is 2.00. The molecule has 2 nitrogen and oxygen atoms in total. The Bertz CT molecular complexity index is 473. The molecule has 0 radical (unpaired) electrons. The van der Waals surface area contributed by atoms with Gasteiger partial charge in [-0.2, -0.15) is 0 Å². The van der Waals surface area contributed by atoms with E-state index in [1.54, 1.807) is 24.4 Å². The Morgan fingerprint density at radius 1 is 1.19 bits per heavy atom. The lowest BCUT2D eigenvalue weighted by Crippen LogP contribution is -1.89. The molecule has 0 N–H and O–H groups in total. The molecule has 0 unspecified atom stereocenters. The Labute approximate surface area is 97.7 Å². The minimum atomic E-state index is -0.296. The van der Waals surface area contributed by atoms with Crippen molar-refractivity contribution in [2.75, 3.05) is 0 Å². The average Bonchev–Trinajstić information content (AvgIpc) is 2.32. The molecule has 16 heavy (non-hydrogen) atoms. The van der Waals surface area contributed by atoms with Gasteiger partial charge in [0, 0.05) is 18.1 Å². The van der Waals surface area contributed by atoms with E-state index in [2.05, 4.69) is 4.98 Å². The van der Waals surface area contributed by atoms with Gasteiger partial charge in [0.2, 0.25) is 5.88 Å². The van der Waals surface area contributed by atoms with Crippen LogP contribution in [0.15, 0.2) is 42.6 Å². The number of ether oxygens (including phenoxy) is 1. The van der Waals surface area contributed by atoms with Gasteiger partial charge in [0.25, 0.3) is 0 Å². The molecule has 0 bridgehead atoms. The van der Waals surface area contributed by atoms with Crippen LogP contribution in [0.5, 0.6) is 11.6 Å². The van der Waals surface area contributed by atoms with Crippen LogP contribution >= 0.6 is 11.6 Å². The van der Waals surface area contributed by atoms with Gasteiger partial charge < -0.3 is 4.74 Å².